The predicted octanol–water partition coefficient (Wildman–Crippen LogP) is 4.65. The molecule has 0 saturated carbocycles. The van der Waals surface area contributed by atoms with Crippen molar-refractivity contribution in [1.29, 1.82) is 5.26 Å². The zero-order valence-corrected chi connectivity index (χ0v) is 18.3. The average Bonchev–Trinajstić information content (AvgIpc) is 2.74. The third-order valence-corrected chi connectivity index (χ3v) is 5.03. The van der Waals surface area contributed by atoms with Crippen LogP contribution < -0.4 is 10.6 Å². The first kappa shape index (κ1) is 25.4. The molecule has 32 heavy (non-hydrogen) atoms. The molecule has 2 aromatic rings. The highest BCUT2D eigenvalue weighted by atomic mass is 19.4. The summed E-state index contributed by atoms with van der Waals surface area (Å²) in [6.07, 6.45) is -5.03. The van der Waals surface area contributed by atoms with Crippen molar-refractivity contribution >= 4 is 5.91 Å². The Hall–Kier alpha value is -2.89. The number of aliphatic hydroxyl groups is 1. The summed E-state index contributed by atoms with van der Waals surface area (Å²) in [5.74, 6) is -0.662. The molecule has 0 aliphatic rings. The summed E-state index contributed by atoms with van der Waals surface area (Å²) >= 11 is 0. The summed E-state index contributed by atoms with van der Waals surface area (Å²) < 4.78 is 41.7. The van der Waals surface area contributed by atoms with Gasteiger partial charge in [0, 0.05) is 0 Å². The highest BCUT2D eigenvalue weighted by molar-refractivity contribution is 5.82. The van der Waals surface area contributed by atoms with Gasteiger partial charge < -0.3 is 10.4 Å². The molecule has 0 fully saturated rings. The molecule has 0 aromatic heterocycles. The summed E-state index contributed by atoms with van der Waals surface area (Å²) in [6.45, 7) is 5.01. The minimum absolute atomic E-state index is 0.0105. The van der Waals surface area contributed by atoms with Crippen LogP contribution in [0.15, 0.2) is 48.5 Å². The SMILES string of the molecule is CC(C)C[C@H](N[C@@H](c1ccc(-c2ccc(C(C)O)cc2)cc1)C(F)(F)F)C(=O)NCC#N. The van der Waals surface area contributed by atoms with Crippen molar-refractivity contribution < 1.29 is 23.1 Å². The lowest BCUT2D eigenvalue weighted by Crippen LogP contribution is -2.49. The van der Waals surface area contributed by atoms with E-state index in [1.165, 1.54) is 12.1 Å². The van der Waals surface area contributed by atoms with Crippen LogP contribution in [0.25, 0.3) is 11.1 Å². The Morgan fingerprint density at radius 1 is 1.00 bits per heavy atom. The fraction of sp³-hybridized carbons (Fsp3) is 0.417. The summed E-state index contributed by atoms with van der Waals surface area (Å²) in [6, 6.07) is 11.7. The Kier molecular flexibility index (Phi) is 8.81. The molecule has 2 rings (SSSR count). The van der Waals surface area contributed by atoms with Crippen molar-refractivity contribution in [3.8, 4) is 17.2 Å². The van der Waals surface area contributed by atoms with Gasteiger partial charge in [-0.05, 0) is 41.5 Å². The maximum atomic E-state index is 13.9. The quantitative estimate of drug-likeness (QED) is 0.489. The second-order valence-electron chi connectivity index (χ2n) is 8.12. The minimum atomic E-state index is -4.62. The van der Waals surface area contributed by atoms with Crippen LogP contribution in [0.1, 0.15) is 50.5 Å². The highest BCUT2D eigenvalue weighted by Gasteiger charge is 2.42. The van der Waals surface area contributed by atoms with E-state index in [4.69, 9.17) is 5.26 Å². The van der Waals surface area contributed by atoms with Gasteiger partial charge in [0.05, 0.1) is 18.2 Å². The van der Waals surface area contributed by atoms with Gasteiger partial charge >= 0.3 is 6.18 Å². The number of aliphatic hydroxyl groups excluding tert-OH is 1. The van der Waals surface area contributed by atoms with E-state index in [2.05, 4.69) is 10.6 Å². The zero-order chi connectivity index (χ0) is 23.9. The van der Waals surface area contributed by atoms with Crippen molar-refractivity contribution in [1.82, 2.24) is 10.6 Å². The largest absolute Gasteiger partial charge is 0.407 e. The predicted molar refractivity (Wildman–Crippen MR) is 116 cm³/mol. The van der Waals surface area contributed by atoms with Crippen molar-refractivity contribution in [2.45, 2.75) is 51.6 Å². The number of nitrogens with zero attached hydrogens (tertiary/aromatic N) is 1. The van der Waals surface area contributed by atoms with E-state index in [1.54, 1.807) is 49.4 Å². The number of carbonyl (C=O) groups is 1. The summed E-state index contributed by atoms with van der Waals surface area (Å²) in [5, 5.41) is 23.1. The third-order valence-electron chi connectivity index (χ3n) is 5.03. The van der Waals surface area contributed by atoms with E-state index in [0.29, 0.717) is 0 Å². The van der Waals surface area contributed by atoms with Gasteiger partial charge in [-0.15, -0.1) is 0 Å². The summed E-state index contributed by atoms with van der Waals surface area (Å²) in [5.41, 5.74) is 2.28. The molecule has 1 amide bonds. The smallest absolute Gasteiger partial charge is 0.389 e. The Balaban J connectivity index is 2.28. The van der Waals surface area contributed by atoms with E-state index in [9.17, 15) is 23.1 Å². The molecule has 0 aliphatic carbocycles. The fourth-order valence-corrected chi connectivity index (χ4v) is 3.38. The molecular formula is C24H28F3N3O2. The Bertz CT molecular complexity index is 917. The zero-order valence-electron chi connectivity index (χ0n) is 18.3. The number of carbonyl (C=O) groups excluding carboxylic acids is 1. The molecule has 3 atom stereocenters. The van der Waals surface area contributed by atoms with Crippen molar-refractivity contribution in [3.63, 3.8) is 0 Å². The van der Waals surface area contributed by atoms with Crippen LogP contribution in [0, 0.1) is 17.2 Å². The molecule has 2 aromatic carbocycles. The first-order valence-electron chi connectivity index (χ1n) is 10.4. The minimum Gasteiger partial charge on any atom is -0.389 e. The van der Waals surface area contributed by atoms with Crippen molar-refractivity contribution in [2.75, 3.05) is 6.54 Å². The van der Waals surface area contributed by atoms with Crippen molar-refractivity contribution in [3.05, 3.63) is 59.7 Å². The number of benzene rings is 2. The highest BCUT2D eigenvalue weighted by Crippen LogP contribution is 2.34. The van der Waals surface area contributed by atoms with Gasteiger partial charge in [-0.3, -0.25) is 10.1 Å². The standard InChI is InChI=1S/C24H28F3N3O2/c1-15(2)14-21(23(32)29-13-12-28)30-22(24(25,26)27)20-10-8-19(9-11-20)18-6-4-17(5-7-18)16(3)31/h4-11,15-16,21-22,30-31H,13-14H2,1-3H3,(H,29,32)/t16?,21-,22-/m0/s1. The number of amides is 1. The fourth-order valence-electron chi connectivity index (χ4n) is 3.38. The normalized spacial score (nSPS) is 14.5. The van der Waals surface area contributed by atoms with E-state index in [0.717, 1.165) is 16.7 Å². The summed E-state index contributed by atoms with van der Waals surface area (Å²) in [7, 11) is 0. The molecule has 0 aliphatic heterocycles. The third kappa shape index (κ3) is 7.08. The molecule has 8 heteroatoms. The average molecular weight is 448 g/mol. The van der Waals surface area contributed by atoms with Gasteiger partial charge in [-0.2, -0.15) is 18.4 Å². The number of nitriles is 1. The second-order valence-corrected chi connectivity index (χ2v) is 8.12. The van der Waals surface area contributed by atoms with Crippen molar-refractivity contribution in [2.24, 2.45) is 5.92 Å². The number of hydrogen-bond donors (Lipinski definition) is 3. The van der Waals surface area contributed by atoms with Gasteiger partial charge in [-0.1, -0.05) is 62.4 Å². The van der Waals surface area contributed by atoms with Gasteiger partial charge in [0.1, 0.15) is 12.6 Å². The Labute approximate surface area is 186 Å². The van der Waals surface area contributed by atoms with Crippen LogP contribution >= 0.6 is 0 Å². The molecule has 3 N–H and O–H groups in total. The van der Waals surface area contributed by atoms with E-state index in [-0.39, 0.29) is 24.4 Å². The van der Waals surface area contributed by atoms with Gasteiger partial charge in [-0.25, -0.2) is 0 Å². The van der Waals surface area contributed by atoms with Crippen LogP contribution in [0.2, 0.25) is 0 Å². The van der Waals surface area contributed by atoms with Crippen LogP contribution in [0.4, 0.5) is 13.2 Å². The number of nitrogens with one attached hydrogen (secondary N) is 2. The molecule has 1 unspecified atom stereocenters. The maximum Gasteiger partial charge on any atom is 0.407 e. The van der Waals surface area contributed by atoms with Gasteiger partial charge in [0.25, 0.3) is 0 Å². The monoisotopic (exact) mass is 447 g/mol. The number of rotatable bonds is 9. The van der Waals surface area contributed by atoms with E-state index < -0.39 is 30.3 Å². The maximum absolute atomic E-state index is 13.9. The summed E-state index contributed by atoms with van der Waals surface area (Å²) in [4.78, 5) is 12.3. The molecule has 0 saturated heterocycles. The molecule has 0 bridgehead atoms. The number of alkyl halides is 3. The first-order valence-corrected chi connectivity index (χ1v) is 10.4. The lowest BCUT2D eigenvalue weighted by Gasteiger charge is -2.28. The number of hydrogen-bond acceptors (Lipinski definition) is 4. The lowest BCUT2D eigenvalue weighted by atomic mass is 9.97. The van der Waals surface area contributed by atoms with Gasteiger partial charge in [0.2, 0.25) is 5.91 Å². The molecule has 172 valence electrons. The topological polar surface area (TPSA) is 85.2 Å². The Morgan fingerprint density at radius 3 is 1.91 bits per heavy atom. The van der Waals surface area contributed by atoms with Crippen LogP contribution in [-0.2, 0) is 4.79 Å². The Morgan fingerprint density at radius 2 is 1.50 bits per heavy atom. The molecule has 0 heterocycles. The molecule has 5 nitrogen and oxygen atoms in total. The van der Waals surface area contributed by atoms with Gasteiger partial charge in [0.15, 0.2) is 0 Å². The lowest BCUT2D eigenvalue weighted by molar-refractivity contribution is -0.161. The van der Waals surface area contributed by atoms with E-state index >= 15 is 0 Å². The van der Waals surface area contributed by atoms with Crippen LogP contribution in [0.3, 0.4) is 0 Å². The van der Waals surface area contributed by atoms with E-state index in [1.807, 2.05) is 13.8 Å². The molecule has 0 radical (unpaired) electrons. The second kappa shape index (κ2) is 11.1. The van der Waals surface area contributed by atoms with Crippen LogP contribution in [-0.4, -0.2) is 29.8 Å². The molecular weight excluding hydrogens is 419 g/mol. The van der Waals surface area contributed by atoms with Crippen LogP contribution in [0.5, 0.6) is 0 Å². The molecule has 0 spiro atoms. The number of halogens is 3. The first-order chi connectivity index (χ1) is 15.0.